The molecule has 0 aliphatic heterocycles. The predicted octanol–water partition coefficient (Wildman–Crippen LogP) is -11.9. The van der Waals surface area contributed by atoms with Crippen molar-refractivity contribution in [1.29, 1.82) is 0 Å². The van der Waals surface area contributed by atoms with Crippen molar-refractivity contribution in [2.75, 3.05) is 58.9 Å². The van der Waals surface area contributed by atoms with Crippen LogP contribution >= 0.6 is 0 Å². The lowest BCUT2D eigenvalue weighted by Crippen LogP contribution is -2.53. The van der Waals surface area contributed by atoms with Crippen LogP contribution in [0.3, 0.4) is 0 Å². The maximum atomic E-state index is 12.4. The largest absolute Gasteiger partial charge is 0.549 e. The molecule has 0 saturated heterocycles. The van der Waals surface area contributed by atoms with Crippen LogP contribution in [0.15, 0.2) is 0 Å². The molecule has 4 amide bonds. The first-order chi connectivity index (χ1) is 20.9. The van der Waals surface area contributed by atoms with Gasteiger partial charge in [-0.2, -0.15) is 0 Å². The molecule has 45 heavy (non-hydrogen) atoms. The van der Waals surface area contributed by atoms with Crippen LogP contribution in [0.5, 0.6) is 0 Å². The van der Waals surface area contributed by atoms with E-state index in [2.05, 4.69) is 10.6 Å². The average Bonchev–Trinajstić information content (AvgIpc) is 2.88. The molecule has 0 fully saturated rings. The Labute approximate surface area is 256 Å². The van der Waals surface area contributed by atoms with E-state index in [1.54, 1.807) is 0 Å². The summed E-state index contributed by atoms with van der Waals surface area (Å²) in [7, 11) is 0. The number of hydrogen-bond acceptors (Lipinski definition) is 17. The Hall–Kier alpha value is -4.89. The molecule has 0 radical (unpaired) electrons. The molecule has 0 bridgehead atoms. The second-order valence-electron chi connectivity index (χ2n) is 9.70. The van der Waals surface area contributed by atoms with E-state index in [9.17, 15) is 68.7 Å². The van der Waals surface area contributed by atoms with Crippen molar-refractivity contribution in [3.63, 3.8) is 0 Å². The van der Waals surface area contributed by atoms with Crippen LogP contribution in [0.1, 0.15) is 25.7 Å². The third-order valence-electron chi connectivity index (χ3n) is 5.86. The molecule has 0 aromatic heterocycles. The minimum Gasteiger partial charge on any atom is -0.549 e. The Bertz CT molecular complexity index is 1030. The maximum absolute atomic E-state index is 12.4. The number of amides is 4. The number of nitrogens with one attached hydrogen (secondary N) is 2. The second kappa shape index (κ2) is 20.9. The summed E-state index contributed by atoms with van der Waals surface area (Å²) in [4.78, 5) is 106. The number of primary amides is 2. The van der Waals surface area contributed by atoms with Gasteiger partial charge < -0.3 is 71.6 Å². The van der Waals surface area contributed by atoms with Crippen molar-refractivity contribution in [2.24, 2.45) is 11.5 Å². The van der Waals surface area contributed by atoms with Gasteiger partial charge in [0.2, 0.25) is 23.6 Å². The molecule has 6 N–H and O–H groups in total. The summed E-state index contributed by atoms with van der Waals surface area (Å²) < 4.78 is 0. The summed E-state index contributed by atoms with van der Waals surface area (Å²) in [5.74, 6) is -12.0. The lowest BCUT2D eigenvalue weighted by molar-refractivity contribution is -0.309. The third-order valence-corrected chi connectivity index (χ3v) is 5.86. The van der Waals surface area contributed by atoms with Crippen LogP contribution < -0.4 is 47.6 Å². The van der Waals surface area contributed by atoms with Gasteiger partial charge in [0.15, 0.2) is 0 Å². The molecule has 0 aliphatic rings. The van der Waals surface area contributed by atoms with E-state index in [-0.39, 0.29) is 26.2 Å². The zero-order chi connectivity index (χ0) is 34.7. The van der Waals surface area contributed by atoms with Gasteiger partial charge in [-0.25, -0.2) is 0 Å². The summed E-state index contributed by atoms with van der Waals surface area (Å²) in [5.41, 5.74) is 9.92. The molecule has 2 unspecified atom stereocenters. The van der Waals surface area contributed by atoms with E-state index >= 15 is 0 Å². The number of hydrogen-bond donors (Lipinski definition) is 4. The minimum atomic E-state index is -1.73. The van der Waals surface area contributed by atoms with Crippen LogP contribution in [0.25, 0.3) is 0 Å². The lowest BCUT2D eigenvalue weighted by Gasteiger charge is -2.31. The quantitative estimate of drug-likeness (QED) is 0.0678. The number of carbonyl (C=O) groups is 9. The van der Waals surface area contributed by atoms with Crippen molar-refractivity contribution >= 4 is 53.5 Å². The van der Waals surface area contributed by atoms with Gasteiger partial charge in [-0.15, -0.1) is 0 Å². The van der Waals surface area contributed by atoms with Gasteiger partial charge in [-0.3, -0.25) is 33.9 Å². The molecule has 21 nitrogen and oxygen atoms in total. The van der Waals surface area contributed by atoms with Crippen molar-refractivity contribution in [3.8, 4) is 0 Å². The zero-order valence-electron chi connectivity index (χ0n) is 24.1. The van der Waals surface area contributed by atoms with Crippen LogP contribution in [-0.4, -0.2) is 139 Å². The van der Waals surface area contributed by atoms with Gasteiger partial charge in [0, 0.05) is 58.7 Å². The van der Waals surface area contributed by atoms with Crippen LogP contribution in [-0.2, 0) is 43.2 Å². The van der Waals surface area contributed by atoms with E-state index < -0.39 is 124 Å². The number of nitrogens with zero attached hydrogens (tertiary/aromatic N) is 3. The van der Waals surface area contributed by atoms with Crippen LogP contribution in [0, 0.1) is 0 Å². The summed E-state index contributed by atoms with van der Waals surface area (Å²) in [6.45, 7) is -5.07. The number of carboxylic acids is 5. The molecule has 0 spiro atoms. The zero-order valence-corrected chi connectivity index (χ0v) is 24.1. The van der Waals surface area contributed by atoms with E-state index in [1.807, 2.05) is 0 Å². The molecule has 21 heteroatoms. The van der Waals surface area contributed by atoms with Crippen molar-refractivity contribution in [2.45, 2.75) is 37.8 Å². The molecule has 0 saturated carbocycles. The molecule has 0 aromatic carbocycles. The van der Waals surface area contributed by atoms with Gasteiger partial charge in [-0.1, -0.05) is 0 Å². The summed E-state index contributed by atoms with van der Waals surface area (Å²) in [6.07, 6.45) is -1.60. The van der Waals surface area contributed by atoms with Gasteiger partial charge in [-0.05, 0) is 12.8 Å². The monoisotopic (exact) mass is 644 g/mol. The average molecular weight is 645 g/mol. The van der Waals surface area contributed by atoms with Gasteiger partial charge in [0.25, 0.3) is 0 Å². The minimum absolute atomic E-state index is 0.272. The molecular weight excluding hydrogens is 610 g/mol. The van der Waals surface area contributed by atoms with Crippen molar-refractivity contribution in [1.82, 2.24) is 25.3 Å². The molecule has 0 aliphatic carbocycles. The number of rotatable bonds is 26. The van der Waals surface area contributed by atoms with Gasteiger partial charge >= 0.3 is 0 Å². The predicted molar refractivity (Wildman–Crippen MR) is 135 cm³/mol. The highest BCUT2D eigenvalue weighted by molar-refractivity contribution is 5.85. The van der Waals surface area contributed by atoms with E-state index in [0.717, 1.165) is 14.7 Å². The van der Waals surface area contributed by atoms with Crippen molar-refractivity contribution < 1.29 is 68.7 Å². The van der Waals surface area contributed by atoms with Crippen molar-refractivity contribution in [3.05, 3.63) is 0 Å². The fourth-order valence-electron chi connectivity index (χ4n) is 3.77. The smallest absolute Gasteiger partial charge is 0.234 e. The Morgan fingerprint density at radius 3 is 1.04 bits per heavy atom. The SMILES string of the molecule is NC(=O)CCC(NC(=O)CN(CCN(CCN(CC(=O)[O-])CC(=O)NC(CCC(N)=O)C(=O)[O-])CC(=O)[O-])CC(=O)[O-])C(=O)[O-]. The Balaban J connectivity index is 5.46. The summed E-state index contributed by atoms with van der Waals surface area (Å²) in [6, 6.07) is -3.25. The standard InChI is InChI=1S/C24H39N7O14/c25-16(32)3-1-14(23(42)43)27-18(34)9-30(12-21(38)39)7-5-29(11-20(36)37)6-8-31(13-22(40)41)10-19(35)28-15(24(44)45)2-4-17(26)33/h14-15H,1-13H2,(H2,25,32)(H2,26,33)(H,27,34)(H,28,35)(H,36,37)(H,38,39)(H,40,41)(H,42,43)(H,44,45)/p-5. The highest BCUT2D eigenvalue weighted by Gasteiger charge is 2.20. The first kappa shape index (κ1) is 40.1. The summed E-state index contributed by atoms with van der Waals surface area (Å²) >= 11 is 0. The Morgan fingerprint density at radius 2 is 0.778 bits per heavy atom. The van der Waals surface area contributed by atoms with E-state index in [0.29, 0.717) is 0 Å². The highest BCUT2D eigenvalue weighted by atomic mass is 16.4. The molecule has 0 aromatic rings. The van der Waals surface area contributed by atoms with Gasteiger partial charge in [0.1, 0.15) is 0 Å². The van der Waals surface area contributed by atoms with E-state index in [1.165, 1.54) is 0 Å². The number of aliphatic carboxylic acids is 5. The first-order valence-electron chi connectivity index (χ1n) is 13.2. The van der Waals surface area contributed by atoms with Crippen LogP contribution in [0.2, 0.25) is 0 Å². The number of carbonyl (C=O) groups excluding carboxylic acids is 9. The molecule has 2 atom stereocenters. The van der Waals surface area contributed by atoms with Gasteiger partial charge in [0.05, 0.1) is 55.0 Å². The van der Waals surface area contributed by atoms with E-state index in [4.69, 9.17) is 11.5 Å². The maximum Gasteiger partial charge on any atom is 0.234 e. The molecule has 254 valence electrons. The number of carboxylic acid groups (broad SMARTS) is 5. The third kappa shape index (κ3) is 20.6. The molecule has 0 heterocycles. The highest BCUT2D eigenvalue weighted by Crippen LogP contribution is 2.00. The topological polar surface area (TPSA) is 355 Å². The fraction of sp³-hybridized carbons (Fsp3) is 0.625. The first-order valence-corrected chi connectivity index (χ1v) is 13.2. The Kier molecular flexibility index (Phi) is 18.6. The second-order valence-corrected chi connectivity index (χ2v) is 9.70. The molecule has 0 rings (SSSR count). The lowest BCUT2D eigenvalue weighted by atomic mass is 10.1. The normalized spacial score (nSPS) is 12.3. The summed E-state index contributed by atoms with van der Waals surface area (Å²) in [5, 5.41) is 60.3. The van der Waals surface area contributed by atoms with Crippen LogP contribution in [0.4, 0.5) is 0 Å². The Morgan fingerprint density at radius 1 is 0.489 bits per heavy atom. The molecular formula is C24H34N7O14-5. The number of nitrogens with two attached hydrogens (primary N) is 2. The fourth-order valence-corrected chi connectivity index (χ4v) is 3.77.